The van der Waals surface area contributed by atoms with E-state index >= 15 is 8.78 Å². The fourth-order valence-electron chi connectivity index (χ4n) is 4.64. The quantitative estimate of drug-likeness (QED) is 0.413. The highest BCUT2D eigenvalue weighted by Crippen LogP contribution is 2.69. The number of carbonyl (C=O) groups is 1. The van der Waals surface area contributed by atoms with Gasteiger partial charge in [0.1, 0.15) is 0 Å². The maximum Gasteiger partial charge on any atom is 0.418 e. The van der Waals surface area contributed by atoms with Crippen molar-refractivity contribution in [3.63, 3.8) is 0 Å². The number of anilines is 1. The Morgan fingerprint density at radius 3 is 2.50 bits per heavy atom. The van der Waals surface area contributed by atoms with Gasteiger partial charge in [-0.05, 0) is 62.4 Å². The molecule has 4 rings (SSSR count). The number of amides is 1. The summed E-state index contributed by atoms with van der Waals surface area (Å²) in [7, 11) is 1.39. The summed E-state index contributed by atoms with van der Waals surface area (Å²) in [4.78, 5) is 12.7. The van der Waals surface area contributed by atoms with Gasteiger partial charge in [-0.1, -0.05) is 12.1 Å². The second kappa shape index (κ2) is 6.66. The molecule has 2 aromatic rings. The van der Waals surface area contributed by atoms with Crippen molar-refractivity contribution in [2.45, 2.75) is 36.8 Å². The van der Waals surface area contributed by atoms with Crippen LogP contribution in [0.15, 0.2) is 39.6 Å². The van der Waals surface area contributed by atoms with Crippen LogP contribution in [-0.2, 0) is 18.6 Å². The van der Waals surface area contributed by atoms with Gasteiger partial charge in [0.15, 0.2) is 0 Å². The minimum atomic E-state index is -4.70. The molecule has 2 aliphatic carbocycles. The minimum absolute atomic E-state index is 0.130. The summed E-state index contributed by atoms with van der Waals surface area (Å²) < 4.78 is 71.4. The van der Waals surface area contributed by atoms with Gasteiger partial charge in [-0.3, -0.25) is 4.79 Å². The summed E-state index contributed by atoms with van der Waals surface area (Å²) in [6.45, 7) is 1.46. The van der Waals surface area contributed by atoms with Gasteiger partial charge >= 0.3 is 6.18 Å². The smallest absolute Gasteiger partial charge is 0.356 e. The molecule has 30 heavy (non-hydrogen) atoms. The topological polar surface area (TPSA) is 34.0 Å². The molecule has 1 fully saturated rings. The number of alkyl halides is 5. The number of aryl methyl sites for hydroxylation is 1. The van der Waals surface area contributed by atoms with Gasteiger partial charge < -0.3 is 9.88 Å². The van der Waals surface area contributed by atoms with Crippen LogP contribution in [0.4, 0.5) is 27.6 Å². The molecule has 1 N–H and O–H groups in total. The zero-order valence-electron chi connectivity index (χ0n) is 15.7. The molecule has 0 aliphatic heterocycles. The van der Waals surface area contributed by atoms with E-state index in [4.69, 9.17) is 0 Å². The predicted molar refractivity (Wildman–Crippen MR) is 109 cm³/mol. The number of carbonyl (C=O) groups excluding carboxylic acids is 1. The summed E-state index contributed by atoms with van der Waals surface area (Å²) in [5.41, 5.74) is -2.05. The molecule has 2 bridgehead atoms. The van der Waals surface area contributed by atoms with Crippen LogP contribution in [0.1, 0.15) is 46.3 Å². The number of fused-ring (bicyclic) bond motifs is 5. The lowest BCUT2D eigenvalue weighted by atomic mass is 9.76. The number of halogens is 7. The largest absolute Gasteiger partial charge is 0.418 e. The monoisotopic (exact) mass is 552 g/mol. The number of nitrogens with zero attached hydrogens (tertiary/aromatic N) is 1. The standard InChI is InChI=1S/C20H15Br2F5N2O/c1-18-6-9(15(16(21)22)19(18,23)24)14-11(18)4-3-5-13(14)28-17(30)10-7-29(2)8-12(10)20(25,26)27/h3-5,7-9H,6H2,1-2H3,(H,28,30). The molecule has 2 unspecified atom stereocenters. The number of nitrogens with one attached hydrogen (secondary N) is 1. The first-order chi connectivity index (χ1) is 13.8. The van der Waals surface area contributed by atoms with Crippen molar-refractivity contribution in [1.29, 1.82) is 0 Å². The van der Waals surface area contributed by atoms with E-state index in [0.29, 0.717) is 11.1 Å². The lowest BCUT2D eigenvalue weighted by Gasteiger charge is -2.35. The van der Waals surface area contributed by atoms with Crippen molar-refractivity contribution in [3.8, 4) is 0 Å². The molecule has 0 radical (unpaired) electrons. The van der Waals surface area contributed by atoms with Crippen LogP contribution >= 0.6 is 31.9 Å². The third-order valence-electron chi connectivity index (χ3n) is 6.00. The highest BCUT2D eigenvalue weighted by atomic mass is 79.9. The summed E-state index contributed by atoms with van der Waals surface area (Å²) in [5.74, 6) is -4.74. The van der Waals surface area contributed by atoms with E-state index < -0.39 is 40.5 Å². The van der Waals surface area contributed by atoms with Gasteiger partial charge in [0, 0.05) is 36.6 Å². The van der Waals surface area contributed by atoms with Crippen molar-refractivity contribution in [2.75, 3.05) is 5.32 Å². The SMILES string of the molecule is Cn1cc(C(=O)Nc2cccc3c2C2CC3(C)C(F)(F)C2=C(Br)Br)c(C(F)(F)F)c1. The van der Waals surface area contributed by atoms with Crippen LogP contribution in [0.5, 0.6) is 0 Å². The Hall–Kier alpha value is -1.68. The Morgan fingerprint density at radius 2 is 1.90 bits per heavy atom. The van der Waals surface area contributed by atoms with Crippen LogP contribution in [0.3, 0.4) is 0 Å². The van der Waals surface area contributed by atoms with E-state index in [1.54, 1.807) is 6.07 Å². The molecule has 10 heteroatoms. The first-order valence-electron chi connectivity index (χ1n) is 8.90. The number of hydrogen-bond donors (Lipinski definition) is 1. The number of rotatable bonds is 2. The van der Waals surface area contributed by atoms with Crippen LogP contribution in [0.2, 0.25) is 0 Å². The van der Waals surface area contributed by atoms with Crippen molar-refractivity contribution in [3.05, 3.63) is 61.8 Å². The summed E-state index contributed by atoms with van der Waals surface area (Å²) in [5, 5.41) is 2.52. The van der Waals surface area contributed by atoms with Crippen molar-refractivity contribution < 1.29 is 26.7 Å². The number of hydrogen-bond acceptors (Lipinski definition) is 1. The molecule has 1 aromatic heterocycles. The zero-order valence-corrected chi connectivity index (χ0v) is 18.8. The third-order valence-corrected chi connectivity index (χ3v) is 6.85. The molecule has 0 saturated heterocycles. The first-order valence-corrected chi connectivity index (χ1v) is 10.5. The second-order valence-electron chi connectivity index (χ2n) is 7.81. The van der Waals surface area contributed by atoms with Crippen molar-refractivity contribution in [1.82, 2.24) is 4.57 Å². The molecule has 1 heterocycles. The maximum absolute atomic E-state index is 15.1. The minimum Gasteiger partial charge on any atom is -0.356 e. The van der Waals surface area contributed by atoms with Crippen molar-refractivity contribution >= 4 is 43.5 Å². The molecule has 2 atom stereocenters. The van der Waals surface area contributed by atoms with E-state index in [1.807, 2.05) is 0 Å². The Balaban J connectivity index is 1.79. The van der Waals surface area contributed by atoms with Gasteiger partial charge in [-0.25, -0.2) is 8.78 Å². The molecular weight excluding hydrogens is 539 g/mol. The fourth-order valence-corrected chi connectivity index (χ4v) is 5.69. The zero-order chi connectivity index (χ0) is 22.2. The summed E-state index contributed by atoms with van der Waals surface area (Å²) in [6.07, 6.45) is -2.64. The normalized spacial score (nSPS) is 24.2. The third kappa shape index (κ3) is 2.90. The second-order valence-corrected chi connectivity index (χ2v) is 10.5. The summed E-state index contributed by atoms with van der Waals surface area (Å²) >= 11 is 6.20. The number of allylic oxidation sites excluding steroid dienone is 1. The lowest BCUT2D eigenvalue weighted by Crippen LogP contribution is -2.40. The van der Waals surface area contributed by atoms with E-state index in [-0.39, 0.29) is 21.1 Å². The van der Waals surface area contributed by atoms with Crippen LogP contribution in [0.25, 0.3) is 0 Å². The van der Waals surface area contributed by atoms with Gasteiger partial charge in [0.05, 0.1) is 19.9 Å². The highest BCUT2D eigenvalue weighted by molar-refractivity contribution is 9.28. The Labute approximate surface area is 185 Å². The van der Waals surface area contributed by atoms with Crippen LogP contribution in [0, 0.1) is 0 Å². The van der Waals surface area contributed by atoms with Gasteiger partial charge in [0.2, 0.25) is 0 Å². The molecule has 1 amide bonds. The number of benzene rings is 1. The lowest BCUT2D eigenvalue weighted by molar-refractivity contribution is -0.137. The average Bonchev–Trinajstić information content (AvgIpc) is 3.21. The first kappa shape index (κ1) is 21.5. The summed E-state index contributed by atoms with van der Waals surface area (Å²) in [6, 6.07) is 4.63. The molecule has 0 spiro atoms. The van der Waals surface area contributed by atoms with Gasteiger partial charge in [-0.2, -0.15) is 13.2 Å². The van der Waals surface area contributed by atoms with Gasteiger partial charge in [0.25, 0.3) is 11.8 Å². The molecule has 2 aliphatic rings. The number of aromatic nitrogens is 1. The van der Waals surface area contributed by atoms with E-state index in [1.165, 1.54) is 26.1 Å². The predicted octanol–water partition coefficient (Wildman–Crippen LogP) is 6.69. The molecule has 1 aromatic carbocycles. The Bertz CT molecular complexity index is 1100. The molecule has 160 valence electrons. The van der Waals surface area contributed by atoms with Crippen molar-refractivity contribution in [2.24, 2.45) is 7.05 Å². The Kier molecular flexibility index (Phi) is 4.78. The van der Waals surface area contributed by atoms with Gasteiger partial charge in [-0.15, -0.1) is 0 Å². The van der Waals surface area contributed by atoms with E-state index in [2.05, 4.69) is 37.2 Å². The van der Waals surface area contributed by atoms with Crippen LogP contribution in [-0.4, -0.2) is 16.4 Å². The molecule has 1 saturated carbocycles. The Morgan fingerprint density at radius 1 is 1.23 bits per heavy atom. The average molecular weight is 554 g/mol. The van der Waals surface area contributed by atoms with Crippen LogP contribution < -0.4 is 5.32 Å². The van der Waals surface area contributed by atoms with E-state index in [0.717, 1.165) is 17.0 Å². The fraction of sp³-hybridized carbons (Fsp3) is 0.350. The maximum atomic E-state index is 15.1. The highest BCUT2D eigenvalue weighted by Gasteiger charge is 2.68. The molecule has 3 nitrogen and oxygen atoms in total. The molecular formula is C20H15Br2F5N2O. The van der Waals surface area contributed by atoms with E-state index in [9.17, 15) is 18.0 Å².